The van der Waals surface area contributed by atoms with Gasteiger partial charge in [0.05, 0.1) is 0 Å². The fourth-order valence-corrected chi connectivity index (χ4v) is 2.80. The van der Waals surface area contributed by atoms with Crippen molar-refractivity contribution >= 4 is 11.3 Å². The highest BCUT2D eigenvalue weighted by Gasteiger charge is 2.12. The average Bonchev–Trinajstić information content (AvgIpc) is 2.78. The smallest absolute Gasteiger partial charge is 0.0448 e. The molecular weight excluding hydrogens is 216 g/mol. The van der Waals surface area contributed by atoms with E-state index in [2.05, 4.69) is 23.4 Å². The Morgan fingerprint density at radius 2 is 2.25 bits per heavy atom. The van der Waals surface area contributed by atoms with E-state index in [0.717, 1.165) is 18.5 Å². The lowest BCUT2D eigenvalue weighted by Gasteiger charge is -2.11. The fourth-order valence-electron chi connectivity index (χ4n) is 1.80. The molecule has 0 bridgehead atoms. The van der Waals surface area contributed by atoms with Gasteiger partial charge in [0.2, 0.25) is 0 Å². The van der Waals surface area contributed by atoms with Crippen LogP contribution in [0.3, 0.4) is 0 Å². The van der Waals surface area contributed by atoms with Crippen LogP contribution in [0.2, 0.25) is 0 Å². The Morgan fingerprint density at radius 3 is 2.94 bits per heavy atom. The van der Waals surface area contributed by atoms with Crippen LogP contribution >= 0.6 is 11.3 Å². The summed E-state index contributed by atoms with van der Waals surface area (Å²) in [5.74, 6) is 0. The van der Waals surface area contributed by atoms with Gasteiger partial charge in [-0.3, -0.25) is 4.98 Å². The highest BCUT2D eigenvalue weighted by atomic mass is 32.1. The Kier molecular flexibility index (Phi) is 3.70. The van der Waals surface area contributed by atoms with Crippen molar-refractivity contribution in [3.8, 4) is 0 Å². The van der Waals surface area contributed by atoms with Gasteiger partial charge in [0.1, 0.15) is 0 Å². The Morgan fingerprint density at radius 1 is 1.38 bits per heavy atom. The van der Waals surface area contributed by atoms with Gasteiger partial charge in [-0.05, 0) is 35.6 Å². The van der Waals surface area contributed by atoms with E-state index in [1.165, 1.54) is 10.4 Å². The van der Waals surface area contributed by atoms with Gasteiger partial charge in [-0.25, -0.2) is 0 Å². The first-order chi connectivity index (χ1) is 7.81. The molecule has 0 saturated heterocycles. The Labute approximate surface area is 100 Å². The number of aromatic nitrogens is 1. The maximum Gasteiger partial charge on any atom is 0.0448 e. The maximum atomic E-state index is 6.22. The van der Waals surface area contributed by atoms with Gasteiger partial charge < -0.3 is 5.73 Å². The number of rotatable bonds is 4. The molecule has 0 aromatic carbocycles. The first kappa shape index (κ1) is 11.3. The summed E-state index contributed by atoms with van der Waals surface area (Å²) < 4.78 is 0. The van der Waals surface area contributed by atoms with Crippen molar-refractivity contribution in [1.29, 1.82) is 0 Å². The molecule has 3 heteroatoms. The largest absolute Gasteiger partial charge is 0.323 e. The van der Waals surface area contributed by atoms with Gasteiger partial charge in [-0.15, -0.1) is 11.3 Å². The van der Waals surface area contributed by atoms with Crippen LogP contribution in [-0.4, -0.2) is 4.98 Å². The van der Waals surface area contributed by atoms with Gasteiger partial charge in [-0.2, -0.15) is 0 Å². The molecule has 2 aromatic rings. The van der Waals surface area contributed by atoms with Gasteiger partial charge in [0.15, 0.2) is 0 Å². The minimum Gasteiger partial charge on any atom is -0.323 e. The Hall–Kier alpha value is -1.19. The normalized spacial score (nSPS) is 12.6. The van der Waals surface area contributed by atoms with Crippen LogP contribution in [0.5, 0.6) is 0 Å². The first-order valence-electron chi connectivity index (χ1n) is 5.53. The van der Waals surface area contributed by atoms with E-state index in [0.29, 0.717) is 0 Å². The molecule has 16 heavy (non-hydrogen) atoms. The third-order valence-electron chi connectivity index (χ3n) is 2.65. The second-order valence-corrected chi connectivity index (χ2v) is 4.74. The van der Waals surface area contributed by atoms with Gasteiger partial charge in [0.25, 0.3) is 0 Å². The number of aryl methyl sites for hydroxylation is 1. The number of pyridine rings is 1. The molecule has 2 rings (SSSR count). The van der Waals surface area contributed by atoms with E-state index >= 15 is 0 Å². The monoisotopic (exact) mass is 232 g/mol. The molecule has 2 heterocycles. The highest BCUT2D eigenvalue weighted by Crippen LogP contribution is 2.25. The molecule has 2 nitrogen and oxygen atoms in total. The zero-order chi connectivity index (χ0) is 11.4. The average molecular weight is 232 g/mol. The van der Waals surface area contributed by atoms with E-state index in [-0.39, 0.29) is 6.04 Å². The predicted octanol–water partition coefficient (Wildman–Crippen LogP) is 2.95. The van der Waals surface area contributed by atoms with Gasteiger partial charge in [0, 0.05) is 29.2 Å². The molecule has 0 aliphatic carbocycles. The molecule has 2 N–H and O–H groups in total. The quantitative estimate of drug-likeness (QED) is 0.880. The highest BCUT2D eigenvalue weighted by molar-refractivity contribution is 7.10. The van der Waals surface area contributed by atoms with Crippen LogP contribution in [0, 0.1) is 0 Å². The van der Waals surface area contributed by atoms with Crippen LogP contribution in [0.15, 0.2) is 35.8 Å². The molecule has 0 amide bonds. The molecule has 2 aromatic heterocycles. The minimum atomic E-state index is 0.0739. The minimum absolute atomic E-state index is 0.0739. The summed E-state index contributed by atoms with van der Waals surface area (Å²) >= 11 is 1.75. The number of thiophene rings is 1. The van der Waals surface area contributed by atoms with Crippen molar-refractivity contribution in [2.75, 3.05) is 0 Å². The van der Waals surface area contributed by atoms with E-state index in [9.17, 15) is 0 Å². The number of hydrogen-bond donors (Lipinski definition) is 1. The predicted molar refractivity (Wildman–Crippen MR) is 68.6 cm³/mol. The molecule has 1 unspecified atom stereocenters. The van der Waals surface area contributed by atoms with Crippen LogP contribution in [-0.2, 0) is 12.8 Å². The van der Waals surface area contributed by atoms with Crippen molar-refractivity contribution in [1.82, 2.24) is 4.98 Å². The van der Waals surface area contributed by atoms with E-state index in [4.69, 9.17) is 5.73 Å². The molecule has 84 valence electrons. The fraction of sp³-hybridized carbons (Fsp3) is 0.308. The third kappa shape index (κ3) is 2.49. The number of nitrogens with two attached hydrogens (primary N) is 1. The van der Waals surface area contributed by atoms with Crippen molar-refractivity contribution in [3.63, 3.8) is 0 Å². The molecule has 0 fully saturated rings. The molecule has 0 aliphatic rings. The van der Waals surface area contributed by atoms with Crippen LogP contribution in [0.1, 0.15) is 29.1 Å². The zero-order valence-corrected chi connectivity index (χ0v) is 10.2. The molecular formula is C13H16N2S. The van der Waals surface area contributed by atoms with E-state index < -0.39 is 0 Å². The van der Waals surface area contributed by atoms with Crippen molar-refractivity contribution in [2.24, 2.45) is 5.73 Å². The summed E-state index contributed by atoms with van der Waals surface area (Å²) in [5.41, 5.74) is 8.65. The third-order valence-corrected chi connectivity index (χ3v) is 3.74. The van der Waals surface area contributed by atoms with E-state index in [1.54, 1.807) is 11.3 Å². The lowest BCUT2D eigenvalue weighted by molar-refractivity contribution is 0.712. The summed E-state index contributed by atoms with van der Waals surface area (Å²) in [7, 11) is 0. The summed E-state index contributed by atoms with van der Waals surface area (Å²) in [5, 5.41) is 2.12. The van der Waals surface area contributed by atoms with Crippen LogP contribution in [0.4, 0.5) is 0 Å². The summed E-state index contributed by atoms with van der Waals surface area (Å²) in [6.07, 6.45) is 3.68. The van der Waals surface area contributed by atoms with Crippen molar-refractivity contribution in [2.45, 2.75) is 25.8 Å². The molecule has 1 atom stereocenters. The number of hydrogen-bond acceptors (Lipinski definition) is 3. The molecule has 0 spiro atoms. The molecule has 0 aliphatic heterocycles. The SMILES string of the molecule is CCc1ccsc1C(N)Cc1ccccn1. The summed E-state index contributed by atoms with van der Waals surface area (Å²) in [6.45, 7) is 2.17. The van der Waals surface area contributed by atoms with E-state index in [1.807, 2.05) is 24.4 Å². The Bertz CT molecular complexity index is 436. The first-order valence-corrected chi connectivity index (χ1v) is 6.41. The number of nitrogens with zero attached hydrogens (tertiary/aromatic N) is 1. The topological polar surface area (TPSA) is 38.9 Å². The van der Waals surface area contributed by atoms with Crippen molar-refractivity contribution in [3.05, 3.63) is 52.0 Å². The summed E-state index contributed by atoms with van der Waals surface area (Å²) in [6, 6.07) is 8.20. The Balaban J connectivity index is 2.11. The van der Waals surface area contributed by atoms with Crippen molar-refractivity contribution < 1.29 is 0 Å². The summed E-state index contributed by atoms with van der Waals surface area (Å²) in [4.78, 5) is 5.61. The van der Waals surface area contributed by atoms with Crippen LogP contribution < -0.4 is 5.73 Å². The van der Waals surface area contributed by atoms with Gasteiger partial charge >= 0.3 is 0 Å². The zero-order valence-electron chi connectivity index (χ0n) is 9.39. The standard InChI is InChI=1S/C13H16N2S/c1-2-10-6-8-16-13(10)12(14)9-11-5-3-4-7-15-11/h3-8,12H,2,9,14H2,1H3. The molecule has 0 saturated carbocycles. The van der Waals surface area contributed by atoms with Crippen LogP contribution in [0.25, 0.3) is 0 Å². The lowest BCUT2D eigenvalue weighted by atomic mass is 10.1. The van der Waals surface area contributed by atoms with Gasteiger partial charge in [-0.1, -0.05) is 13.0 Å². The second kappa shape index (κ2) is 5.23. The lowest BCUT2D eigenvalue weighted by Crippen LogP contribution is -2.14. The second-order valence-electron chi connectivity index (χ2n) is 3.80. The molecule has 0 radical (unpaired) electrons. The maximum absolute atomic E-state index is 6.22.